The highest BCUT2D eigenvalue weighted by Crippen LogP contribution is 2.17. The lowest BCUT2D eigenvalue weighted by Gasteiger charge is -2.15. The number of nitrogens with one attached hydrogen (secondary N) is 1. The van der Waals surface area contributed by atoms with Crippen molar-refractivity contribution in [1.82, 2.24) is 0 Å². The Balaban J connectivity index is 1.62. The van der Waals surface area contributed by atoms with Crippen LogP contribution < -0.4 is 5.32 Å². The van der Waals surface area contributed by atoms with E-state index in [1.807, 2.05) is 0 Å². The normalized spacial score (nSPS) is 19.9. The van der Waals surface area contributed by atoms with E-state index in [1.54, 1.807) is 0 Å². The summed E-state index contributed by atoms with van der Waals surface area (Å²) in [6, 6.07) is 8.34. The molecule has 0 radical (unpaired) electrons. The molecule has 1 aliphatic rings. The lowest BCUT2D eigenvalue weighted by atomic mass is 10.0. The first kappa shape index (κ1) is 16.3. The second-order valence-corrected chi connectivity index (χ2v) is 5.98. The Morgan fingerprint density at radius 3 is 2.71 bits per heavy atom. The Kier molecular flexibility index (Phi) is 6.49. The molecule has 118 valence electrons. The minimum absolute atomic E-state index is 0.216. The molecule has 0 saturated carbocycles. The maximum atomic E-state index is 9.90. The largest absolute Gasteiger partial charge is 0.389 e. The molecular formula is C17H27NO3. The Morgan fingerprint density at radius 2 is 2.10 bits per heavy atom. The van der Waals surface area contributed by atoms with Gasteiger partial charge in [-0.05, 0) is 36.5 Å². The molecule has 0 spiro atoms. The number of rotatable bonds is 8. The molecule has 1 fully saturated rings. The number of aliphatic hydroxyl groups is 1. The Morgan fingerprint density at radius 1 is 1.33 bits per heavy atom. The van der Waals surface area contributed by atoms with Crippen LogP contribution in [0.1, 0.15) is 38.2 Å². The van der Waals surface area contributed by atoms with E-state index in [0.717, 1.165) is 25.1 Å². The molecule has 0 aromatic heterocycles. The first-order valence-electron chi connectivity index (χ1n) is 7.86. The predicted molar refractivity (Wildman–Crippen MR) is 84.8 cm³/mol. The van der Waals surface area contributed by atoms with Gasteiger partial charge in [-0.1, -0.05) is 26.0 Å². The maximum Gasteiger partial charge on any atom is 0.0945 e. The van der Waals surface area contributed by atoms with Crippen LogP contribution in [0.3, 0.4) is 0 Å². The van der Waals surface area contributed by atoms with E-state index in [2.05, 4.69) is 43.4 Å². The standard InChI is InChI=1S/C17H27NO3/c1-13(2)14-5-7-15(8-6-14)18-10-16(19)11-20-12-17-4-3-9-21-17/h5-8,13,16-19H,3-4,9-12H2,1-2H3. The number of hydrogen-bond acceptors (Lipinski definition) is 4. The number of ether oxygens (including phenoxy) is 2. The summed E-state index contributed by atoms with van der Waals surface area (Å²) in [5, 5.41) is 13.1. The van der Waals surface area contributed by atoms with Crippen LogP contribution in [0.25, 0.3) is 0 Å². The molecule has 21 heavy (non-hydrogen) atoms. The Bertz CT molecular complexity index is 399. The number of hydrogen-bond donors (Lipinski definition) is 2. The molecule has 4 heteroatoms. The summed E-state index contributed by atoms with van der Waals surface area (Å²) >= 11 is 0. The van der Waals surface area contributed by atoms with Gasteiger partial charge in [0.25, 0.3) is 0 Å². The Labute approximate surface area is 127 Å². The van der Waals surface area contributed by atoms with Crippen molar-refractivity contribution in [2.75, 3.05) is 31.7 Å². The van der Waals surface area contributed by atoms with Crippen molar-refractivity contribution in [1.29, 1.82) is 0 Å². The minimum Gasteiger partial charge on any atom is -0.389 e. The third-order valence-corrected chi connectivity index (χ3v) is 3.76. The predicted octanol–water partition coefficient (Wildman–Crippen LogP) is 2.78. The van der Waals surface area contributed by atoms with E-state index in [0.29, 0.717) is 25.7 Å². The summed E-state index contributed by atoms with van der Waals surface area (Å²) in [5.41, 5.74) is 2.35. The van der Waals surface area contributed by atoms with Crippen molar-refractivity contribution in [3.05, 3.63) is 29.8 Å². The molecule has 1 aliphatic heterocycles. The van der Waals surface area contributed by atoms with Gasteiger partial charge in [0.2, 0.25) is 0 Å². The van der Waals surface area contributed by atoms with Crippen molar-refractivity contribution >= 4 is 5.69 Å². The zero-order valence-corrected chi connectivity index (χ0v) is 13.0. The summed E-state index contributed by atoms with van der Waals surface area (Å²) < 4.78 is 11.0. The molecule has 1 saturated heterocycles. The second-order valence-electron chi connectivity index (χ2n) is 5.98. The lowest BCUT2D eigenvalue weighted by molar-refractivity contribution is -0.0137. The van der Waals surface area contributed by atoms with Gasteiger partial charge in [-0.3, -0.25) is 0 Å². The first-order chi connectivity index (χ1) is 10.1. The molecule has 0 amide bonds. The van der Waals surface area contributed by atoms with Gasteiger partial charge >= 0.3 is 0 Å². The number of anilines is 1. The van der Waals surface area contributed by atoms with Gasteiger partial charge in [-0.2, -0.15) is 0 Å². The van der Waals surface area contributed by atoms with Crippen molar-refractivity contribution in [2.45, 2.75) is 44.8 Å². The highest BCUT2D eigenvalue weighted by molar-refractivity contribution is 5.45. The van der Waals surface area contributed by atoms with E-state index in [-0.39, 0.29) is 6.10 Å². The van der Waals surface area contributed by atoms with Gasteiger partial charge in [0.1, 0.15) is 0 Å². The Hall–Kier alpha value is -1.10. The molecule has 2 unspecified atom stereocenters. The molecule has 2 N–H and O–H groups in total. The van der Waals surface area contributed by atoms with Crippen molar-refractivity contribution in [3.8, 4) is 0 Å². The van der Waals surface area contributed by atoms with Crippen molar-refractivity contribution in [3.63, 3.8) is 0 Å². The van der Waals surface area contributed by atoms with Gasteiger partial charge in [-0.25, -0.2) is 0 Å². The molecule has 1 heterocycles. The number of benzene rings is 1. The van der Waals surface area contributed by atoms with Crippen LogP contribution in [-0.2, 0) is 9.47 Å². The molecule has 1 aromatic carbocycles. The summed E-state index contributed by atoms with van der Waals surface area (Å²) in [4.78, 5) is 0. The first-order valence-corrected chi connectivity index (χ1v) is 7.86. The third-order valence-electron chi connectivity index (χ3n) is 3.76. The molecule has 1 aromatic rings. The molecule has 0 bridgehead atoms. The van der Waals surface area contributed by atoms with E-state index < -0.39 is 6.10 Å². The topological polar surface area (TPSA) is 50.7 Å². The smallest absolute Gasteiger partial charge is 0.0945 e. The van der Waals surface area contributed by atoms with Gasteiger partial charge in [0.15, 0.2) is 0 Å². The van der Waals surface area contributed by atoms with E-state index in [4.69, 9.17) is 9.47 Å². The quantitative estimate of drug-likeness (QED) is 0.774. The highest BCUT2D eigenvalue weighted by Gasteiger charge is 2.16. The van der Waals surface area contributed by atoms with Crippen molar-refractivity contribution in [2.24, 2.45) is 0 Å². The van der Waals surface area contributed by atoms with Crippen LogP contribution in [-0.4, -0.2) is 43.7 Å². The van der Waals surface area contributed by atoms with Gasteiger partial charge < -0.3 is 19.9 Å². The zero-order valence-electron chi connectivity index (χ0n) is 13.0. The van der Waals surface area contributed by atoms with Crippen LogP contribution in [0.4, 0.5) is 5.69 Å². The number of aliphatic hydroxyl groups excluding tert-OH is 1. The maximum absolute atomic E-state index is 9.90. The van der Waals surface area contributed by atoms with Crippen LogP contribution in [0.5, 0.6) is 0 Å². The lowest BCUT2D eigenvalue weighted by Crippen LogP contribution is -2.27. The average molecular weight is 293 g/mol. The van der Waals surface area contributed by atoms with E-state index in [1.165, 1.54) is 5.56 Å². The molecule has 2 rings (SSSR count). The van der Waals surface area contributed by atoms with Crippen LogP contribution >= 0.6 is 0 Å². The summed E-state index contributed by atoms with van der Waals surface area (Å²) in [5.74, 6) is 0.538. The van der Waals surface area contributed by atoms with Gasteiger partial charge in [0.05, 0.1) is 25.4 Å². The van der Waals surface area contributed by atoms with Crippen LogP contribution in [0, 0.1) is 0 Å². The summed E-state index contributed by atoms with van der Waals surface area (Å²) in [6.45, 7) is 6.61. The minimum atomic E-state index is -0.504. The van der Waals surface area contributed by atoms with Gasteiger partial charge in [0, 0.05) is 18.8 Å². The fraction of sp³-hybridized carbons (Fsp3) is 0.647. The summed E-state index contributed by atoms with van der Waals surface area (Å²) in [6.07, 6.45) is 1.89. The highest BCUT2D eigenvalue weighted by atomic mass is 16.5. The molecular weight excluding hydrogens is 266 g/mol. The molecule has 0 aliphatic carbocycles. The third kappa shape index (κ3) is 5.65. The fourth-order valence-electron chi connectivity index (χ4n) is 2.39. The van der Waals surface area contributed by atoms with E-state index >= 15 is 0 Å². The monoisotopic (exact) mass is 293 g/mol. The molecule has 2 atom stereocenters. The molecule has 4 nitrogen and oxygen atoms in total. The summed E-state index contributed by atoms with van der Waals surface area (Å²) in [7, 11) is 0. The van der Waals surface area contributed by atoms with Crippen molar-refractivity contribution < 1.29 is 14.6 Å². The fourth-order valence-corrected chi connectivity index (χ4v) is 2.39. The second kappa shape index (κ2) is 8.37. The van der Waals surface area contributed by atoms with Crippen LogP contribution in [0.15, 0.2) is 24.3 Å². The van der Waals surface area contributed by atoms with Gasteiger partial charge in [-0.15, -0.1) is 0 Å². The SMILES string of the molecule is CC(C)c1ccc(NCC(O)COCC2CCCO2)cc1. The van der Waals surface area contributed by atoms with E-state index in [9.17, 15) is 5.11 Å². The zero-order chi connectivity index (χ0) is 15.1. The van der Waals surface area contributed by atoms with Crippen LogP contribution in [0.2, 0.25) is 0 Å². The average Bonchev–Trinajstić information content (AvgIpc) is 2.99.